The third kappa shape index (κ3) is 6.38. The van der Waals surface area contributed by atoms with Gasteiger partial charge in [-0.3, -0.25) is 19.1 Å². The van der Waals surface area contributed by atoms with Crippen molar-refractivity contribution in [2.75, 3.05) is 18.5 Å². The van der Waals surface area contributed by atoms with Gasteiger partial charge in [-0.1, -0.05) is 126 Å². The molecule has 5 aromatic rings. The number of imidazole rings is 1. The number of hydrogen-bond acceptors (Lipinski definition) is 9. The molecule has 12 heteroatoms. The van der Waals surface area contributed by atoms with E-state index in [4.69, 9.17) is 23.6 Å². The van der Waals surface area contributed by atoms with Crippen LogP contribution in [0.15, 0.2) is 102 Å². The molecule has 11 nitrogen and oxygen atoms in total. The molecule has 2 fully saturated rings. The number of rotatable bonds is 11. The van der Waals surface area contributed by atoms with Gasteiger partial charge in [-0.15, -0.1) is 0 Å². The Hall–Kier alpha value is -4.62. The number of aromatic amines is 1. The van der Waals surface area contributed by atoms with Crippen molar-refractivity contribution in [1.82, 2.24) is 19.5 Å². The fraction of sp³-hybridized carbons (Fsp3) is 0.400. The summed E-state index contributed by atoms with van der Waals surface area (Å²) in [5.41, 5.74) is 0.127. The predicted octanol–water partition coefficient (Wildman–Crippen LogP) is 5.28. The number of ether oxygens (including phenoxy) is 3. The zero-order chi connectivity index (χ0) is 36.7. The summed E-state index contributed by atoms with van der Waals surface area (Å²) in [7, 11) is -2.96. The van der Waals surface area contributed by atoms with Crippen LogP contribution in [0.4, 0.5) is 5.95 Å². The molecule has 2 aliphatic heterocycles. The van der Waals surface area contributed by atoms with E-state index in [9.17, 15) is 9.59 Å². The van der Waals surface area contributed by atoms with E-state index in [0.29, 0.717) is 30.5 Å². The number of hydrogen-bond donors (Lipinski definition) is 2. The molecule has 0 saturated carbocycles. The number of H-pyrrole nitrogens is 1. The standard InChI is InChI=1S/C40H47N5O6Si/c1-26(2)23-41-38-43-36-33(37(47)44-38)42-25-45(36)32-22-40(28-16-10-7-11-17-28)35(50-32)34(49-27(3)46)31(51-40)24-48-52(39(4,5)6,29-18-12-8-13-19-29)30-20-14-9-15-21-30/h7-21,25-26,31-32,34-35H,22-24H2,1-6H3,(H2,41,43,44,47)/t31-,32+,34-,35-,40+/m1/s1. The first-order valence-corrected chi connectivity index (χ1v) is 19.9. The first kappa shape index (κ1) is 35.8. The van der Waals surface area contributed by atoms with Gasteiger partial charge in [-0.25, -0.2) is 4.98 Å². The zero-order valence-electron chi connectivity index (χ0n) is 30.5. The molecule has 2 N–H and O–H groups in total. The Bertz CT molecular complexity index is 2030. The molecule has 2 saturated heterocycles. The van der Waals surface area contributed by atoms with Crippen LogP contribution in [0.3, 0.4) is 0 Å². The minimum atomic E-state index is -2.96. The highest BCUT2D eigenvalue weighted by atomic mass is 28.4. The number of aromatic nitrogens is 4. The SMILES string of the molecule is CC(=O)O[C@H]1[C@H]2O[C@H](n3cnc4c(=O)[nH]c(NCC(C)C)nc43)C[C@@]2(c2ccccc2)O[C@@H]1CO[Si](c1ccccc1)(c1ccccc1)C(C)(C)C. The van der Waals surface area contributed by atoms with Crippen molar-refractivity contribution >= 4 is 41.8 Å². The molecule has 2 aliphatic rings. The lowest BCUT2D eigenvalue weighted by Crippen LogP contribution is -2.67. The van der Waals surface area contributed by atoms with Crippen molar-refractivity contribution in [1.29, 1.82) is 0 Å². The molecule has 3 aromatic carbocycles. The second kappa shape index (κ2) is 14.1. The maximum Gasteiger partial charge on any atom is 0.303 e. The monoisotopic (exact) mass is 721 g/mol. The minimum Gasteiger partial charge on any atom is -0.457 e. The molecule has 7 rings (SSSR count). The van der Waals surface area contributed by atoms with Crippen molar-refractivity contribution in [3.63, 3.8) is 0 Å². The molecule has 0 spiro atoms. The van der Waals surface area contributed by atoms with Crippen LogP contribution < -0.4 is 21.2 Å². The summed E-state index contributed by atoms with van der Waals surface area (Å²) >= 11 is 0. The second-order valence-corrected chi connectivity index (χ2v) is 19.5. The van der Waals surface area contributed by atoms with Crippen LogP contribution in [0.5, 0.6) is 0 Å². The molecular formula is C40H47N5O6Si. The summed E-state index contributed by atoms with van der Waals surface area (Å²) in [5.74, 6) is 0.263. The highest BCUT2D eigenvalue weighted by Gasteiger charge is 2.64. The van der Waals surface area contributed by atoms with Crippen LogP contribution in [0, 0.1) is 5.92 Å². The highest BCUT2D eigenvalue weighted by Crippen LogP contribution is 2.54. The Morgan fingerprint density at radius 3 is 2.21 bits per heavy atom. The third-order valence-electron chi connectivity index (χ3n) is 10.1. The summed E-state index contributed by atoms with van der Waals surface area (Å²) in [6.45, 7) is 13.0. The summed E-state index contributed by atoms with van der Waals surface area (Å²) in [6.07, 6.45) is -0.842. The van der Waals surface area contributed by atoms with Crippen LogP contribution in [0.25, 0.3) is 11.2 Å². The highest BCUT2D eigenvalue weighted by molar-refractivity contribution is 6.99. The Morgan fingerprint density at radius 2 is 1.63 bits per heavy atom. The van der Waals surface area contributed by atoms with Crippen LogP contribution in [0.1, 0.15) is 59.8 Å². The van der Waals surface area contributed by atoms with Crippen LogP contribution in [0.2, 0.25) is 5.04 Å². The largest absolute Gasteiger partial charge is 0.457 e. The number of fused-ring (bicyclic) bond motifs is 2. The number of anilines is 1. The topological polar surface area (TPSA) is 130 Å². The Labute approximate surface area is 304 Å². The predicted molar refractivity (Wildman–Crippen MR) is 202 cm³/mol. The van der Waals surface area contributed by atoms with E-state index >= 15 is 0 Å². The first-order chi connectivity index (χ1) is 24.9. The number of nitrogens with zero attached hydrogens (tertiary/aromatic N) is 3. The molecule has 0 radical (unpaired) electrons. The van der Waals surface area contributed by atoms with Gasteiger partial charge in [-0.05, 0) is 26.9 Å². The average Bonchev–Trinajstić information content (AvgIpc) is 3.80. The van der Waals surface area contributed by atoms with Gasteiger partial charge in [0.1, 0.15) is 24.0 Å². The van der Waals surface area contributed by atoms with Gasteiger partial charge >= 0.3 is 5.97 Å². The average molecular weight is 722 g/mol. The lowest BCUT2D eigenvalue weighted by atomic mass is 9.86. The number of carbonyl (C=O) groups is 1. The summed E-state index contributed by atoms with van der Waals surface area (Å²) in [5, 5.41) is 5.22. The summed E-state index contributed by atoms with van der Waals surface area (Å²) in [6, 6.07) is 30.7. The van der Waals surface area contributed by atoms with E-state index < -0.39 is 44.4 Å². The molecule has 5 atom stereocenters. The fourth-order valence-electron chi connectivity index (χ4n) is 7.88. The molecule has 0 unspecified atom stereocenters. The Kier molecular flexibility index (Phi) is 9.68. The summed E-state index contributed by atoms with van der Waals surface area (Å²) in [4.78, 5) is 37.8. The second-order valence-electron chi connectivity index (χ2n) is 15.2. The van der Waals surface area contributed by atoms with Gasteiger partial charge in [0.2, 0.25) is 5.95 Å². The Morgan fingerprint density at radius 1 is 1.02 bits per heavy atom. The molecule has 2 aromatic heterocycles. The molecule has 52 heavy (non-hydrogen) atoms. The van der Waals surface area contributed by atoms with Gasteiger partial charge in [0.05, 0.1) is 12.9 Å². The van der Waals surface area contributed by atoms with Crippen molar-refractivity contribution < 1.29 is 23.4 Å². The van der Waals surface area contributed by atoms with Gasteiger partial charge in [0, 0.05) is 19.9 Å². The maximum absolute atomic E-state index is 13.1. The molecular weight excluding hydrogens is 675 g/mol. The first-order valence-electron chi connectivity index (χ1n) is 17.9. The summed E-state index contributed by atoms with van der Waals surface area (Å²) < 4.78 is 29.3. The smallest absolute Gasteiger partial charge is 0.303 e. The van der Waals surface area contributed by atoms with E-state index in [1.165, 1.54) is 6.92 Å². The number of esters is 1. The van der Waals surface area contributed by atoms with Gasteiger partial charge in [0.15, 0.2) is 17.3 Å². The van der Waals surface area contributed by atoms with E-state index in [1.54, 1.807) is 10.9 Å². The quantitative estimate of drug-likeness (QED) is 0.138. The maximum atomic E-state index is 13.1. The lowest BCUT2D eigenvalue weighted by molar-refractivity contribution is -0.158. The van der Waals surface area contributed by atoms with Crippen LogP contribution in [-0.4, -0.2) is 65.3 Å². The van der Waals surface area contributed by atoms with Crippen molar-refractivity contribution in [2.24, 2.45) is 5.92 Å². The van der Waals surface area contributed by atoms with Crippen molar-refractivity contribution in [3.8, 4) is 0 Å². The number of benzene rings is 3. The normalized spacial score (nSPS) is 23.2. The Balaban J connectivity index is 1.28. The van der Waals surface area contributed by atoms with Crippen LogP contribution in [-0.2, 0) is 29.0 Å². The van der Waals surface area contributed by atoms with Gasteiger partial charge in [0.25, 0.3) is 13.9 Å². The lowest BCUT2D eigenvalue weighted by Gasteiger charge is -2.43. The molecule has 272 valence electrons. The molecule has 4 heterocycles. The molecule has 0 bridgehead atoms. The molecule has 0 aliphatic carbocycles. The third-order valence-corrected chi connectivity index (χ3v) is 15.1. The van der Waals surface area contributed by atoms with E-state index in [0.717, 1.165) is 15.9 Å². The van der Waals surface area contributed by atoms with Gasteiger partial charge in [-0.2, -0.15) is 4.98 Å². The molecule has 0 amide bonds. The van der Waals surface area contributed by atoms with E-state index in [2.05, 4.69) is 98.4 Å². The number of carbonyl (C=O) groups excluding carboxylic acids is 1. The van der Waals surface area contributed by atoms with E-state index in [1.807, 2.05) is 42.5 Å². The van der Waals surface area contributed by atoms with Crippen LogP contribution >= 0.6 is 0 Å². The van der Waals surface area contributed by atoms with Crippen molar-refractivity contribution in [3.05, 3.63) is 113 Å². The number of nitrogens with one attached hydrogen (secondary N) is 2. The van der Waals surface area contributed by atoms with Gasteiger partial charge < -0.3 is 24.0 Å². The zero-order valence-corrected chi connectivity index (χ0v) is 31.5. The minimum absolute atomic E-state index is 0.167. The van der Waals surface area contributed by atoms with E-state index in [-0.39, 0.29) is 22.7 Å². The van der Waals surface area contributed by atoms with Crippen molar-refractivity contribution in [2.45, 2.75) is 83.1 Å². The fourth-order valence-corrected chi connectivity index (χ4v) is 12.4.